The lowest BCUT2D eigenvalue weighted by Gasteiger charge is -2.32. The Morgan fingerprint density at radius 3 is 2.29 bits per heavy atom. The Balaban J connectivity index is 1.53. The molecule has 0 bridgehead atoms. The van der Waals surface area contributed by atoms with Crippen LogP contribution in [0.25, 0.3) is 0 Å². The van der Waals surface area contributed by atoms with Gasteiger partial charge in [0.05, 0.1) is 24.0 Å². The summed E-state index contributed by atoms with van der Waals surface area (Å²) in [4.78, 5) is 13.3. The van der Waals surface area contributed by atoms with Crippen molar-refractivity contribution in [3.05, 3.63) is 95.8 Å². The highest BCUT2D eigenvalue weighted by Crippen LogP contribution is 2.28. The van der Waals surface area contributed by atoms with E-state index in [1.807, 2.05) is 54.6 Å². The zero-order valence-corrected chi connectivity index (χ0v) is 19.7. The topological polar surface area (TPSA) is 75.7 Å². The van der Waals surface area contributed by atoms with E-state index in [2.05, 4.69) is 5.32 Å². The van der Waals surface area contributed by atoms with E-state index in [0.29, 0.717) is 19.4 Å². The summed E-state index contributed by atoms with van der Waals surface area (Å²) in [7, 11) is -2.22. The summed E-state index contributed by atoms with van der Waals surface area (Å²) in [6.07, 6.45) is 1.16. The molecule has 1 saturated heterocycles. The molecule has 178 valence electrons. The van der Waals surface area contributed by atoms with Crippen molar-refractivity contribution in [1.29, 1.82) is 0 Å². The van der Waals surface area contributed by atoms with Crippen molar-refractivity contribution in [2.45, 2.75) is 23.8 Å². The SMILES string of the molecule is COc1ccc(C(NC(=O)C2CCCN(S(=O)(=O)c3ccc(F)cc3)C2)c2ccccc2)cc1. The van der Waals surface area contributed by atoms with E-state index < -0.39 is 21.8 Å². The van der Waals surface area contributed by atoms with Crippen molar-refractivity contribution in [2.75, 3.05) is 20.2 Å². The van der Waals surface area contributed by atoms with E-state index in [9.17, 15) is 17.6 Å². The van der Waals surface area contributed by atoms with Crippen LogP contribution in [0.1, 0.15) is 30.0 Å². The van der Waals surface area contributed by atoms with Crippen LogP contribution < -0.4 is 10.1 Å². The number of piperidine rings is 1. The van der Waals surface area contributed by atoms with Gasteiger partial charge in [0.25, 0.3) is 0 Å². The number of ether oxygens (including phenoxy) is 1. The molecule has 0 saturated carbocycles. The van der Waals surface area contributed by atoms with Crippen LogP contribution in [0.3, 0.4) is 0 Å². The third kappa shape index (κ3) is 5.29. The molecule has 34 heavy (non-hydrogen) atoms. The van der Waals surface area contributed by atoms with E-state index in [1.165, 1.54) is 16.4 Å². The number of methoxy groups -OCH3 is 1. The molecule has 2 atom stereocenters. The summed E-state index contributed by atoms with van der Waals surface area (Å²) in [5.74, 6) is -0.478. The van der Waals surface area contributed by atoms with Gasteiger partial charge in [0.15, 0.2) is 0 Å². The number of amides is 1. The fraction of sp³-hybridized carbons (Fsp3) is 0.269. The molecular weight excluding hydrogens is 455 g/mol. The average molecular weight is 483 g/mol. The van der Waals surface area contributed by atoms with Crippen LogP contribution in [0.2, 0.25) is 0 Å². The first-order valence-electron chi connectivity index (χ1n) is 11.1. The molecule has 3 aromatic carbocycles. The predicted molar refractivity (Wildman–Crippen MR) is 127 cm³/mol. The normalized spacial score (nSPS) is 17.6. The molecule has 2 unspecified atom stereocenters. The second-order valence-corrected chi connectivity index (χ2v) is 10.2. The Labute approximate surface area is 199 Å². The van der Waals surface area contributed by atoms with Crippen LogP contribution in [0, 0.1) is 11.7 Å². The van der Waals surface area contributed by atoms with Crippen LogP contribution in [0.5, 0.6) is 5.75 Å². The van der Waals surface area contributed by atoms with E-state index in [0.717, 1.165) is 29.0 Å². The first kappa shape index (κ1) is 23.9. The number of benzene rings is 3. The quantitative estimate of drug-likeness (QED) is 0.549. The highest BCUT2D eigenvalue weighted by molar-refractivity contribution is 7.89. The Morgan fingerprint density at radius 1 is 1.00 bits per heavy atom. The minimum Gasteiger partial charge on any atom is -0.497 e. The monoisotopic (exact) mass is 482 g/mol. The van der Waals surface area contributed by atoms with Gasteiger partial charge in [-0.25, -0.2) is 12.8 Å². The average Bonchev–Trinajstić information content (AvgIpc) is 2.88. The lowest BCUT2D eigenvalue weighted by Crippen LogP contribution is -2.46. The number of hydrogen-bond acceptors (Lipinski definition) is 4. The maximum absolute atomic E-state index is 13.3. The fourth-order valence-corrected chi connectivity index (χ4v) is 5.72. The lowest BCUT2D eigenvalue weighted by molar-refractivity contribution is -0.126. The van der Waals surface area contributed by atoms with Crippen molar-refractivity contribution in [1.82, 2.24) is 9.62 Å². The van der Waals surface area contributed by atoms with Gasteiger partial charge in [-0.2, -0.15) is 4.31 Å². The van der Waals surface area contributed by atoms with Gasteiger partial charge >= 0.3 is 0 Å². The van der Waals surface area contributed by atoms with Gasteiger partial charge in [-0.15, -0.1) is 0 Å². The van der Waals surface area contributed by atoms with Crippen LogP contribution in [0.15, 0.2) is 83.8 Å². The number of hydrogen-bond donors (Lipinski definition) is 1. The minimum absolute atomic E-state index is 0.0235. The fourth-order valence-electron chi connectivity index (χ4n) is 4.19. The molecule has 0 radical (unpaired) electrons. The smallest absolute Gasteiger partial charge is 0.243 e. The predicted octanol–water partition coefficient (Wildman–Crippen LogP) is 4.14. The molecule has 1 fully saturated rings. The number of rotatable bonds is 7. The van der Waals surface area contributed by atoms with Crippen LogP contribution in [0.4, 0.5) is 4.39 Å². The zero-order valence-electron chi connectivity index (χ0n) is 18.9. The summed E-state index contributed by atoms with van der Waals surface area (Å²) in [6.45, 7) is 0.403. The Morgan fingerprint density at radius 2 is 1.65 bits per heavy atom. The van der Waals surface area contributed by atoms with Crippen LogP contribution in [-0.4, -0.2) is 38.8 Å². The number of nitrogens with one attached hydrogen (secondary N) is 1. The van der Waals surface area contributed by atoms with Gasteiger partial charge in [0.1, 0.15) is 11.6 Å². The van der Waals surface area contributed by atoms with E-state index >= 15 is 0 Å². The van der Waals surface area contributed by atoms with E-state index in [-0.39, 0.29) is 23.4 Å². The second kappa shape index (κ2) is 10.4. The van der Waals surface area contributed by atoms with E-state index in [4.69, 9.17) is 4.74 Å². The summed E-state index contributed by atoms with van der Waals surface area (Å²) in [6, 6.07) is 21.5. The number of carbonyl (C=O) groups is 1. The standard InChI is InChI=1S/C26H27FN2O4S/c1-33-23-13-9-20(10-14-23)25(19-6-3-2-4-7-19)28-26(30)21-8-5-17-29(18-21)34(31,32)24-15-11-22(27)12-16-24/h2-4,6-7,9-16,21,25H,5,8,17-18H2,1H3,(H,28,30). The lowest BCUT2D eigenvalue weighted by atomic mass is 9.95. The maximum Gasteiger partial charge on any atom is 0.243 e. The minimum atomic E-state index is -3.81. The summed E-state index contributed by atoms with van der Waals surface area (Å²) in [5, 5.41) is 3.13. The third-order valence-electron chi connectivity index (χ3n) is 6.07. The van der Waals surface area contributed by atoms with Crippen molar-refractivity contribution < 1.29 is 22.3 Å². The molecule has 1 heterocycles. The molecule has 1 aliphatic heterocycles. The largest absolute Gasteiger partial charge is 0.497 e. The molecular formula is C26H27FN2O4S. The molecule has 1 amide bonds. The van der Waals surface area contributed by atoms with Gasteiger partial charge in [-0.3, -0.25) is 4.79 Å². The van der Waals surface area contributed by atoms with Crippen molar-refractivity contribution >= 4 is 15.9 Å². The molecule has 0 aliphatic carbocycles. The van der Waals surface area contributed by atoms with Crippen molar-refractivity contribution in [3.8, 4) is 5.75 Å². The Bertz CT molecular complexity index is 1220. The van der Waals surface area contributed by atoms with Gasteiger partial charge in [-0.05, 0) is 60.4 Å². The van der Waals surface area contributed by atoms with Gasteiger partial charge in [0.2, 0.25) is 15.9 Å². The van der Waals surface area contributed by atoms with Gasteiger partial charge < -0.3 is 10.1 Å². The maximum atomic E-state index is 13.3. The molecule has 8 heteroatoms. The van der Waals surface area contributed by atoms with E-state index in [1.54, 1.807) is 7.11 Å². The summed E-state index contributed by atoms with van der Waals surface area (Å²) >= 11 is 0. The third-order valence-corrected chi connectivity index (χ3v) is 7.95. The van der Waals surface area contributed by atoms with Crippen molar-refractivity contribution in [2.24, 2.45) is 5.92 Å². The molecule has 6 nitrogen and oxygen atoms in total. The number of sulfonamides is 1. The van der Waals surface area contributed by atoms with Gasteiger partial charge in [-0.1, -0.05) is 42.5 Å². The number of nitrogens with zero attached hydrogens (tertiary/aromatic N) is 1. The van der Waals surface area contributed by atoms with Gasteiger partial charge in [0, 0.05) is 13.1 Å². The highest BCUT2D eigenvalue weighted by Gasteiger charge is 2.34. The van der Waals surface area contributed by atoms with Crippen LogP contribution >= 0.6 is 0 Å². The van der Waals surface area contributed by atoms with Crippen LogP contribution in [-0.2, 0) is 14.8 Å². The first-order chi connectivity index (χ1) is 16.4. The zero-order chi connectivity index (χ0) is 24.1. The highest BCUT2D eigenvalue weighted by atomic mass is 32.2. The number of halogens is 1. The molecule has 1 N–H and O–H groups in total. The van der Waals surface area contributed by atoms with Crippen molar-refractivity contribution in [3.63, 3.8) is 0 Å². The first-order valence-corrected chi connectivity index (χ1v) is 12.6. The molecule has 4 rings (SSSR count). The second-order valence-electron chi connectivity index (χ2n) is 8.28. The number of carbonyl (C=O) groups excluding carboxylic acids is 1. The summed E-state index contributed by atoms with van der Waals surface area (Å²) < 4.78 is 45.9. The molecule has 3 aromatic rings. The molecule has 1 aliphatic rings. The molecule has 0 aromatic heterocycles. The summed E-state index contributed by atoms with van der Waals surface area (Å²) in [5.41, 5.74) is 1.82. The Kier molecular flexibility index (Phi) is 7.29. The molecule has 0 spiro atoms. The Hall–Kier alpha value is -3.23.